The molecule has 2 aromatic carbocycles. The number of halogens is 1. The number of anilines is 1. The van der Waals surface area contributed by atoms with E-state index in [1.54, 1.807) is 0 Å². The highest BCUT2D eigenvalue weighted by molar-refractivity contribution is 5.85. The fourth-order valence-electron chi connectivity index (χ4n) is 2.19. The average Bonchev–Trinajstić information content (AvgIpc) is 2.93. The first-order valence-corrected chi connectivity index (χ1v) is 6.47. The second-order valence-corrected chi connectivity index (χ2v) is 4.69. The maximum atomic E-state index is 5.40. The maximum absolute atomic E-state index is 5.40. The molecular weight excluding hydrogens is 274 g/mol. The number of nitrogens with zero attached hydrogens (tertiary/aromatic N) is 1. The van der Waals surface area contributed by atoms with Gasteiger partial charge < -0.3 is 14.4 Å². The molecule has 1 aliphatic rings. The Morgan fingerprint density at radius 2 is 1.75 bits per heavy atom. The van der Waals surface area contributed by atoms with Crippen LogP contribution in [0.2, 0.25) is 0 Å². The summed E-state index contributed by atoms with van der Waals surface area (Å²) < 4.78 is 10.7. The molecule has 1 heterocycles. The van der Waals surface area contributed by atoms with Crippen LogP contribution in [-0.4, -0.2) is 20.4 Å². The van der Waals surface area contributed by atoms with E-state index >= 15 is 0 Å². The summed E-state index contributed by atoms with van der Waals surface area (Å²) >= 11 is 0. The summed E-state index contributed by atoms with van der Waals surface area (Å²) in [4.78, 5) is 2.23. The molecular formula is C16H18ClNO2. The fourth-order valence-corrected chi connectivity index (χ4v) is 2.19. The minimum absolute atomic E-state index is 0. The number of hydrogen-bond acceptors (Lipinski definition) is 3. The summed E-state index contributed by atoms with van der Waals surface area (Å²) in [5, 5.41) is 0. The third-order valence-electron chi connectivity index (χ3n) is 3.38. The van der Waals surface area contributed by atoms with E-state index in [0.717, 1.165) is 30.2 Å². The van der Waals surface area contributed by atoms with E-state index in [4.69, 9.17) is 9.47 Å². The van der Waals surface area contributed by atoms with Gasteiger partial charge in [-0.3, -0.25) is 0 Å². The second-order valence-electron chi connectivity index (χ2n) is 4.69. The Labute approximate surface area is 125 Å². The van der Waals surface area contributed by atoms with E-state index in [2.05, 4.69) is 42.3 Å². The molecule has 0 aliphatic carbocycles. The van der Waals surface area contributed by atoms with Gasteiger partial charge in [-0.1, -0.05) is 30.3 Å². The molecule has 0 amide bonds. The molecule has 4 heteroatoms. The van der Waals surface area contributed by atoms with Gasteiger partial charge in [0.05, 0.1) is 0 Å². The Morgan fingerprint density at radius 3 is 2.55 bits per heavy atom. The largest absolute Gasteiger partial charge is 0.454 e. The molecule has 20 heavy (non-hydrogen) atoms. The van der Waals surface area contributed by atoms with E-state index in [-0.39, 0.29) is 12.4 Å². The maximum Gasteiger partial charge on any atom is 0.231 e. The molecule has 2 aromatic rings. The third-order valence-corrected chi connectivity index (χ3v) is 3.38. The zero-order valence-corrected chi connectivity index (χ0v) is 12.2. The number of benzene rings is 2. The van der Waals surface area contributed by atoms with Crippen molar-refractivity contribution in [3.8, 4) is 11.5 Å². The molecule has 106 valence electrons. The monoisotopic (exact) mass is 291 g/mol. The standard InChI is InChI=1S/C16H17NO2.ClH/c1-17(10-9-13-5-3-2-4-6-13)14-7-8-15-16(11-14)19-12-18-15;/h2-8,11H,9-10,12H2,1H3;1H. The molecule has 0 radical (unpaired) electrons. The summed E-state index contributed by atoms with van der Waals surface area (Å²) in [6.45, 7) is 1.30. The zero-order valence-electron chi connectivity index (χ0n) is 11.4. The first kappa shape index (κ1) is 14.5. The van der Waals surface area contributed by atoms with Gasteiger partial charge in [0.15, 0.2) is 11.5 Å². The van der Waals surface area contributed by atoms with Crippen molar-refractivity contribution in [1.82, 2.24) is 0 Å². The van der Waals surface area contributed by atoms with Gasteiger partial charge in [0, 0.05) is 25.3 Å². The average molecular weight is 292 g/mol. The molecule has 0 saturated carbocycles. The van der Waals surface area contributed by atoms with Crippen LogP contribution in [0.25, 0.3) is 0 Å². The molecule has 3 rings (SSSR count). The molecule has 0 N–H and O–H groups in total. The van der Waals surface area contributed by atoms with Gasteiger partial charge in [0.2, 0.25) is 6.79 Å². The molecule has 0 spiro atoms. The van der Waals surface area contributed by atoms with Crippen molar-refractivity contribution in [3.63, 3.8) is 0 Å². The predicted octanol–water partition coefficient (Wildman–Crippen LogP) is 3.52. The van der Waals surface area contributed by atoms with E-state index in [0.29, 0.717) is 6.79 Å². The molecule has 0 atom stereocenters. The van der Waals surface area contributed by atoms with Crippen molar-refractivity contribution in [2.45, 2.75) is 6.42 Å². The van der Waals surface area contributed by atoms with Crippen LogP contribution in [0.1, 0.15) is 5.56 Å². The van der Waals surface area contributed by atoms with E-state index in [1.807, 2.05) is 18.2 Å². The van der Waals surface area contributed by atoms with Crippen LogP contribution in [0.5, 0.6) is 11.5 Å². The number of likely N-dealkylation sites (N-methyl/N-ethyl adjacent to an activating group) is 1. The highest BCUT2D eigenvalue weighted by Crippen LogP contribution is 2.35. The Bertz CT molecular complexity index is 560. The minimum atomic E-state index is 0. The molecule has 0 saturated heterocycles. The molecule has 0 aromatic heterocycles. The van der Waals surface area contributed by atoms with Crippen molar-refractivity contribution >= 4 is 18.1 Å². The van der Waals surface area contributed by atoms with Crippen molar-refractivity contribution in [2.75, 3.05) is 25.3 Å². The lowest BCUT2D eigenvalue weighted by molar-refractivity contribution is 0.174. The molecule has 0 bridgehead atoms. The van der Waals surface area contributed by atoms with Crippen molar-refractivity contribution in [2.24, 2.45) is 0 Å². The summed E-state index contributed by atoms with van der Waals surface area (Å²) in [6, 6.07) is 16.6. The lowest BCUT2D eigenvalue weighted by Crippen LogP contribution is -2.20. The van der Waals surface area contributed by atoms with Gasteiger partial charge in [0.25, 0.3) is 0 Å². The quantitative estimate of drug-likeness (QED) is 0.860. The summed E-state index contributed by atoms with van der Waals surface area (Å²) in [7, 11) is 2.10. The summed E-state index contributed by atoms with van der Waals surface area (Å²) in [5.74, 6) is 1.67. The number of rotatable bonds is 4. The Morgan fingerprint density at radius 1 is 1.00 bits per heavy atom. The highest BCUT2D eigenvalue weighted by Gasteiger charge is 2.14. The topological polar surface area (TPSA) is 21.7 Å². The second kappa shape index (κ2) is 6.53. The van der Waals surface area contributed by atoms with E-state index < -0.39 is 0 Å². The van der Waals surface area contributed by atoms with Gasteiger partial charge in [0.1, 0.15) is 0 Å². The Balaban J connectivity index is 0.00000147. The molecule has 3 nitrogen and oxygen atoms in total. The smallest absolute Gasteiger partial charge is 0.231 e. The van der Waals surface area contributed by atoms with Gasteiger partial charge in [-0.15, -0.1) is 12.4 Å². The van der Waals surface area contributed by atoms with Crippen LogP contribution < -0.4 is 14.4 Å². The first-order chi connectivity index (χ1) is 9.33. The summed E-state index contributed by atoms with van der Waals surface area (Å²) in [6.07, 6.45) is 1.03. The third kappa shape index (κ3) is 3.17. The van der Waals surface area contributed by atoms with Gasteiger partial charge in [-0.05, 0) is 24.1 Å². The Hall–Kier alpha value is -1.87. The summed E-state index contributed by atoms with van der Waals surface area (Å²) in [5.41, 5.74) is 2.51. The SMILES string of the molecule is CN(CCc1ccccc1)c1ccc2c(c1)OCO2.Cl. The highest BCUT2D eigenvalue weighted by atomic mass is 35.5. The van der Waals surface area contributed by atoms with Crippen LogP contribution in [0, 0.1) is 0 Å². The van der Waals surface area contributed by atoms with Crippen LogP contribution in [0.15, 0.2) is 48.5 Å². The van der Waals surface area contributed by atoms with Crippen LogP contribution >= 0.6 is 12.4 Å². The number of ether oxygens (including phenoxy) is 2. The van der Waals surface area contributed by atoms with Gasteiger partial charge in [-0.25, -0.2) is 0 Å². The number of hydrogen-bond donors (Lipinski definition) is 0. The lowest BCUT2D eigenvalue weighted by atomic mass is 10.1. The van der Waals surface area contributed by atoms with Gasteiger partial charge in [-0.2, -0.15) is 0 Å². The van der Waals surface area contributed by atoms with Crippen molar-refractivity contribution in [1.29, 1.82) is 0 Å². The molecule has 0 unspecified atom stereocenters. The minimum Gasteiger partial charge on any atom is -0.454 e. The van der Waals surface area contributed by atoms with Gasteiger partial charge >= 0.3 is 0 Å². The fraction of sp³-hybridized carbons (Fsp3) is 0.250. The van der Waals surface area contributed by atoms with E-state index in [1.165, 1.54) is 5.56 Å². The number of fused-ring (bicyclic) bond motifs is 1. The van der Waals surface area contributed by atoms with Crippen LogP contribution in [0.3, 0.4) is 0 Å². The Kier molecular flexibility index (Phi) is 4.74. The molecule has 0 fully saturated rings. The first-order valence-electron chi connectivity index (χ1n) is 6.47. The van der Waals surface area contributed by atoms with Crippen molar-refractivity contribution in [3.05, 3.63) is 54.1 Å². The lowest BCUT2D eigenvalue weighted by Gasteiger charge is -2.19. The predicted molar refractivity (Wildman–Crippen MR) is 83.2 cm³/mol. The molecule has 1 aliphatic heterocycles. The van der Waals surface area contributed by atoms with Crippen LogP contribution in [0.4, 0.5) is 5.69 Å². The zero-order chi connectivity index (χ0) is 13.1. The van der Waals surface area contributed by atoms with Crippen LogP contribution in [-0.2, 0) is 6.42 Å². The van der Waals surface area contributed by atoms with Crippen molar-refractivity contribution < 1.29 is 9.47 Å². The van der Waals surface area contributed by atoms with E-state index in [9.17, 15) is 0 Å². The normalized spacial score (nSPS) is 11.8.